The van der Waals surface area contributed by atoms with Gasteiger partial charge in [0.15, 0.2) is 5.11 Å². The third-order valence-corrected chi connectivity index (χ3v) is 4.55. The summed E-state index contributed by atoms with van der Waals surface area (Å²) in [6, 6.07) is 12.0. The zero-order chi connectivity index (χ0) is 19.4. The molecular formula is C19H19F2N3O2S. The molecule has 27 heavy (non-hydrogen) atoms. The zero-order valence-electron chi connectivity index (χ0n) is 14.7. The fraction of sp³-hybridized carbons (Fsp3) is 0.263. The van der Waals surface area contributed by atoms with Crippen molar-refractivity contribution < 1.29 is 18.3 Å². The quantitative estimate of drug-likeness (QED) is 0.772. The highest BCUT2D eigenvalue weighted by molar-refractivity contribution is 7.80. The number of thiocarbonyl (C=S) groups is 1. The molecule has 1 heterocycles. The third-order valence-electron chi connectivity index (χ3n) is 4.19. The fourth-order valence-electron chi connectivity index (χ4n) is 3.01. The van der Waals surface area contributed by atoms with Gasteiger partial charge in [-0.15, -0.1) is 0 Å². The van der Waals surface area contributed by atoms with Gasteiger partial charge in [0.2, 0.25) is 5.91 Å². The van der Waals surface area contributed by atoms with E-state index in [2.05, 4.69) is 15.4 Å². The molecule has 2 aromatic rings. The van der Waals surface area contributed by atoms with Gasteiger partial charge in [-0.1, -0.05) is 12.1 Å². The van der Waals surface area contributed by atoms with Gasteiger partial charge in [-0.2, -0.15) is 8.78 Å². The zero-order valence-corrected chi connectivity index (χ0v) is 15.5. The van der Waals surface area contributed by atoms with Crippen LogP contribution in [0.25, 0.3) is 0 Å². The van der Waals surface area contributed by atoms with Crippen LogP contribution < -0.4 is 15.4 Å². The number of nitrogens with zero attached hydrogens (tertiary/aromatic N) is 1. The van der Waals surface area contributed by atoms with Crippen molar-refractivity contribution in [1.82, 2.24) is 4.90 Å². The van der Waals surface area contributed by atoms with Crippen molar-refractivity contribution >= 4 is 34.6 Å². The van der Waals surface area contributed by atoms with E-state index < -0.39 is 6.61 Å². The number of carbonyl (C=O) groups excluding carboxylic acids is 1. The monoisotopic (exact) mass is 391 g/mol. The molecule has 2 aromatic carbocycles. The number of rotatable bonds is 4. The lowest BCUT2D eigenvalue weighted by molar-refractivity contribution is -0.114. The number of hydrogen-bond donors (Lipinski definition) is 2. The van der Waals surface area contributed by atoms with Crippen LogP contribution in [0, 0.1) is 0 Å². The van der Waals surface area contributed by atoms with E-state index in [-0.39, 0.29) is 11.7 Å². The summed E-state index contributed by atoms with van der Waals surface area (Å²) in [7, 11) is 0. The standard InChI is InChI=1S/C19H19F2N3O2S/c1-12(25)22-17-4-2-3-13-11-24(10-9-16(13)17)19(27)23-14-5-7-15(8-6-14)26-18(20)21/h2-8,18H,9-11H2,1H3,(H,22,25)(H,23,27). The van der Waals surface area contributed by atoms with Gasteiger partial charge in [-0.3, -0.25) is 4.79 Å². The molecule has 142 valence electrons. The minimum absolute atomic E-state index is 0.0951. The normalized spacial score (nSPS) is 13.1. The molecule has 0 unspecified atom stereocenters. The number of amides is 1. The molecule has 0 saturated heterocycles. The van der Waals surface area contributed by atoms with Crippen molar-refractivity contribution in [3.63, 3.8) is 0 Å². The summed E-state index contributed by atoms with van der Waals surface area (Å²) in [5.41, 5.74) is 3.77. The smallest absolute Gasteiger partial charge is 0.387 e. The van der Waals surface area contributed by atoms with Gasteiger partial charge < -0.3 is 20.3 Å². The third kappa shape index (κ3) is 4.91. The fourth-order valence-corrected chi connectivity index (χ4v) is 3.29. The molecule has 0 aromatic heterocycles. The molecule has 3 rings (SSSR count). The maximum atomic E-state index is 12.2. The average Bonchev–Trinajstić information content (AvgIpc) is 2.62. The second kappa shape index (κ2) is 8.30. The van der Waals surface area contributed by atoms with Crippen molar-refractivity contribution in [1.29, 1.82) is 0 Å². The van der Waals surface area contributed by atoms with Crippen LogP contribution in [0.4, 0.5) is 20.2 Å². The first-order valence-electron chi connectivity index (χ1n) is 8.41. The van der Waals surface area contributed by atoms with E-state index in [1.807, 2.05) is 23.1 Å². The molecule has 2 N–H and O–H groups in total. The molecule has 0 atom stereocenters. The Hall–Kier alpha value is -2.74. The Bertz CT molecular complexity index is 843. The van der Waals surface area contributed by atoms with Gasteiger partial charge in [0.05, 0.1) is 0 Å². The first kappa shape index (κ1) is 19.0. The average molecular weight is 391 g/mol. The number of alkyl halides is 2. The summed E-state index contributed by atoms with van der Waals surface area (Å²) in [5, 5.41) is 6.53. The van der Waals surface area contributed by atoms with Gasteiger partial charge in [0.25, 0.3) is 0 Å². The van der Waals surface area contributed by atoms with Crippen LogP contribution in [0.2, 0.25) is 0 Å². The molecule has 8 heteroatoms. The Balaban J connectivity index is 1.65. The number of anilines is 2. The van der Waals surface area contributed by atoms with Crippen molar-refractivity contribution in [2.45, 2.75) is 26.5 Å². The summed E-state index contributed by atoms with van der Waals surface area (Å²) in [6.07, 6.45) is 0.759. The lowest BCUT2D eigenvalue weighted by Gasteiger charge is -2.32. The maximum absolute atomic E-state index is 12.2. The predicted molar refractivity (Wildman–Crippen MR) is 104 cm³/mol. The summed E-state index contributed by atoms with van der Waals surface area (Å²) in [4.78, 5) is 13.4. The second-order valence-electron chi connectivity index (χ2n) is 6.13. The molecule has 0 bridgehead atoms. The van der Waals surface area contributed by atoms with Crippen LogP contribution >= 0.6 is 12.2 Å². The molecule has 0 fully saturated rings. The highest BCUT2D eigenvalue weighted by Crippen LogP contribution is 2.27. The van der Waals surface area contributed by atoms with Gasteiger partial charge in [-0.05, 0) is 60.1 Å². The van der Waals surface area contributed by atoms with Crippen molar-refractivity contribution in [2.75, 3.05) is 17.2 Å². The molecule has 1 amide bonds. The minimum Gasteiger partial charge on any atom is -0.435 e. The summed E-state index contributed by atoms with van der Waals surface area (Å²) in [5.74, 6) is 0.00107. The van der Waals surface area contributed by atoms with E-state index in [9.17, 15) is 13.6 Å². The summed E-state index contributed by atoms with van der Waals surface area (Å²) < 4.78 is 28.7. The molecular weight excluding hydrogens is 372 g/mol. The molecule has 1 aliphatic heterocycles. The highest BCUT2D eigenvalue weighted by atomic mass is 32.1. The predicted octanol–water partition coefficient (Wildman–Crippen LogP) is 4.00. The Morgan fingerprint density at radius 1 is 1.19 bits per heavy atom. The van der Waals surface area contributed by atoms with Gasteiger partial charge in [0, 0.05) is 31.4 Å². The topological polar surface area (TPSA) is 53.6 Å². The van der Waals surface area contributed by atoms with Crippen LogP contribution in [0.1, 0.15) is 18.1 Å². The van der Waals surface area contributed by atoms with Crippen LogP contribution in [0.3, 0.4) is 0 Å². The van der Waals surface area contributed by atoms with E-state index in [1.54, 1.807) is 12.1 Å². The Morgan fingerprint density at radius 3 is 2.59 bits per heavy atom. The summed E-state index contributed by atoms with van der Waals surface area (Å²) in [6.45, 7) is -0.0188. The molecule has 1 aliphatic rings. The number of benzene rings is 2. The Morgan fingerprint density at radius 2 is 1.93 bits per heavy atom. The van der Waals surface area contributed by atoms with Crippen LogP contribution in [-0.2, 0) is 17.8 Å². The molecule has 5 nitrogen and oxygen atoms in total. The number of ether oxygens (including phenoxy) is 1. The van der Waals surface area contributed by atoms with Crippen molar-refractivity contribution in [3.05, 3.63) is 53.6 Å². The Kier molecular flexibility index (Phi) is 5.85. The van der Waals surface area contributed by atoms with E-state index in [4.69, 9.17) is 12.2 Å². The van der Waals surface area contributed by atoms with Crippen LogP contribution in [0.5, 0.6) is 5.75 Å². The van der Waals surface area contributed by atoms with Crippen LogP contribution in [0.15, 0.2) is 42.5 Å². The first-order valence-corrected chi connectivity index (χ1v) is 8.82. The number of halogens is 2. The van der Waals surface area contributed by atoms with Gasteiger partial charge in [-0.25, -0.2) is 0 Å². The lowest BCUT2D eigenvalue weighted by Crippen LogP contribution is -2.39. The van der Waals surface area contributed by atoms with E-state index >= 15 is 0 Å². The van der Waals surface area contributed by atoms with E-state index in [0.29, 0.717) is 23.9 Å². The van der Waals surface area contributed by atoms with Crippen molar-refractivity contribution in [2.24, 2.45) is 0 Å². The number of hydrogen-bond acceptors (Lipinski definition) is 3. The molecule has 0 aliphatic carbocycles. The van der Waals surface area contributed by atoms with Crippen LogP contribution in [-0.4, -0.2) is 29.1 Å². The largest absolute Gasteiger partial charge is 0.435 e. The van der Waals surface area contributed by atoms with Gasteiger partial charge in [0.1, 0.15) is 5.75 Å². The first-order chi connectivity index (χ1) is 12.9. The Labute approximate surface area is 161 Å². The van der Waals surface area contributed by atoms with E-state index in [0.717, 1.165) is 23.2 Å². The van der Waals surface area contributed by atoms with Gasteiger partial charge >= 0.3 is 6.61 Å². The maximum Gasteiger partial charge on any atom is 0.387 e. The number of carbonyl (C=O) groups is 1. The highest BCUT2D eigenvalue weighted by Gasteiger charge is 2.21. The summed E-state index contributed by atoms with van der Waals surface area (Å²) >= 11 is 5.48. The SMILES string of the molecule is CC(=O)Nc1cccc2c1CCN(C(=S)Nc1ccc(OC(F)F)cc1)C2. The molecule has 0 radical (unpaired) electrons. The molecule has 0 saturated carbocycles. The molecule has 0 spiro atoms. The minimum atomic E-state index is -2.85. The second-order valence-corrected chi connectivity index (χ2v) is 6.52. The van der Waals surface area contributed by atoms with Crippen molar-refractivity contribution in [3.8, 4) is 5.75 Å². The van der Waals surface area contributed by atoms with E-state index in [1.165, 1.54) is 19.1 Å². The number of fused-ring (bicyclic) bond motifs is 1. The lowest BCUT2D eigenvalue weighted by atomic mass is 9.98. The number of nitrogens with one attached hydrogen (secondary N) is 2.